The van der Waals surface area contributed by atoms with Gasteiger partial charge in [-0.25, -0.2) is 4.39 Å². The van der Waals surface area contributed by atoms with Crippen LogP contribution in [0.25, 0.3) is 0 Å². The number of hydrogen-bond acceptors (Lipinski definition) is 5. The lowest BCUT2D eigenvalue weighted by Crippen LogP contribution is -2.30. The molecule has 0 aliphatic heterocycles. The van der Waals surface area contributed by atoms with E-state index in [2.05, 4.69) is 10.3 Å². The fourth-order valence-electron chi connectivity index (χ4n) is 2.94. The van der Waals surface area contributed by atoms with Crippen LogP contribution in [0.5, 0.6) is 5.75 Å². The quantitative estimate of drug-likeness (QED) is 0.264. The number of rotatable bonds is 5. The van der Waals surface area contributed by atoms with E-state index >= 15 is 0 Å². The maximum absolute atomic E-state index is 14.4. The van der Waals surface area contributed by atoms with Gasteiger partial charge in [0.2, 0.25) is 0 Å². The molecule has 166 valence electrons. The van der Waals surface area contributed by atoms with Gasteiger partial charge >= 0.3 is 12.1 Å². The number of halogens is 4. The van der Waals surface area contributed by atoms with Crippen molar-refractivity contribution in [2.45, 2.75) is 19.1 Å². The van der Waals surface area contributed by atoms with Gasteiger partial charge in [0.1, 0.15) is 11.5 Å². The minimum absolute atomic E-state index is 0.0166. The van der Waals surface area contributed by atoms with Crippen molar-refractivity contribution >= 4 is 17.6 Å². The number of nitrogens with zero attached hydrogens (tertiary/aromatic N) is 1. The number of carbonyl (C=O) groups is 2. The monoisotopic (exact) mass is 447 g/mol. The van der Waals surface area contributed by atoms with Gasteiger partial charge in [-0.05, 0) is 48.0 Å². The normalized spacial score (nSPS) is 12.2. The van der Waals surface area contributed by atoms with Gasteiger partial charge in [-0.15, -0.1) is 0 Å². The highest BCUT2D eigenvalue weighted by atomic mass is 19.4. The molecule has 0 spiro atoms. The van der Waals surface area contributed by atoms with Gasteiger partial charge in [0.05, 0.1) is 17.3 Å². The van der Waals surface area contributed by atoms with Crippen molar-refractivity contribution in [3.63, 3.8) is 0 Å². The second-order valence-electron chi connectivity index (χ2n) is 6.74. The Morgan fingerprint density at radius 3 is 2.34 bits per heavy atom. The molecule has 2 aromatic carbocycles. The molecule has 1 heterocycles. The van der Waals surface area contributed by atoms with Crippen LogP contribution in [0.2, 0.25) is 0 Å². The molecule has 3 N–H and O–H groups in total. The molecule has 10 heteroatoms. The molecule has 0 radical (unpaired) electrons. The standard InChI is InChI=1S/C22H17F4N3O3/c1-12(30)32-18-9-6-14(11-17(18)27)21(31)29-19(20-16(23)3-2-10-28-20)13-4-7-15(8-5-13)22(24,25)26/h2-11,19H,27H2,1H3,(H,29,31). The molecule has 1 aromatic heterocycles. The van der Waals surface area contributed by atoms with Gasteiger partial charge in [0.15, 0.2) is 5.75 Å². The molecular weight excluding hydrogens is 430 g/mol. The summed E-state index contributed by atoms with van der Waals surface area (Å²) in [7, 11) is 0. The van der Waals surface area contributed by atoms with Crippen molar-refractivity contribution in [1.82, 2.24) is 10.3 Å². The SMILES string of the molecule is CC(=O)Oc1ccc(C(=O)NC(c2ccc(C(F)(F)F)cc2)c2ncccc2F)cc1N. The Morgan fingerprint density at radius 2 is 1.78 bits per heavy atom. The third-order valence-electron chi connectivity index (χ3n) is 4.43. The Kier molecular flexibility index (Phi) is 6.42. The molecule has 1 unspecified atom stereocenters. The molecular formula is C22H17F4N3O3. The van der Waals surface area contributed by atoms with E-state index < -0.39 is 35.5 Å². The number of pyridine rings is 1. The van der Waals surface area contributed by atoms with Crippen LogP contribution in [0.4, 0.5) is 23.2 Å². The number of nitrogens with one attached hydrogen (secondary N) is 1. The molecule has 0 saturated heterocycles. The average molecular weight is 447 g/mol. The fourth-order valence-corrected chi connectivity index (χ4v) is 2.94. The van der Waals surface area contributed by atoms with Gasteiger partial charge in [0, 0.05) is 18.7 Å². The van der Waals surface area contributed by atoms with Crippen LogP contribution in [0, 0.1) is 5.82 Å². The predicted octanol–water partition coefficient (Wildman–Crippen LogP) is 4.27. The number of esters is 1. The second-order valence-corrected chi connectivity index (χ2v) is 6.74. The number of ether oxygens (including phenoxy) is 1. The summed E-state index contributed by atoms with van der Waals surface area (Å²) in [4.78, 5) is 27.9. The first kappa shape index (κ1) is 22.7. The van der Waals surface area contributed by atoms with Gasteiger partial charge in [-0.2, -0.15) is 13.2 Å². The Labute approximate surface area is 180 Å². The predicted molar refractivity (Wildman–Crippen MR) is 107 cm³/mol. The molecule has 0 saturated carbocycles. The van der Waals surface area contributed by atoms with Gasteiger partial charge < -0.3 is 15.8 Å². The van der Waals surface area contributed by atoms with E-state index in [0.717, 1.165) is 30.3 Å². The zero-order chi connectivity index (χ0) is 23.5. The van der Waals surface area contributed by atoms with E-state index in [1.807, 2.05) is 0 Å². The van der Waals surface area contributed by atoms with Crippen LogP contribution in [0.15, 0.2) is 60.8 Å². The largest absolute Gasteiger partial charge is 0.425 e. The van der Waals surface area contributed by atoms with Gasteiger partial charge in [-0.3, -0.25) is 14.6 Å². The van der Waals surface area contributed by atoms with Crippen LogP contribution < -0.4 is 15.8 Å². The number of carbonyl (C=O) groups excluding carboxylic acids is 2. The van der Waals surface area contributed by atoms with Crippen molar-refractivity contribution in [2.24, 2.45) is 0 Å². The van der Waals surface area contributed by atoms with Crippen molar-refractivity contribution in [1.29, 1.82) is 0 Å². The fraction of sp³-hybridized carbons (Fsp3) is 0.136. The zero-order valence-electron chi connectivity index (χ0n) is 16.6. The first-order valence-electron chi connectivity index (χ1n) is 9.22. The van der Waals surface area contributed by atoms with Crippen LogP contribution in [0.3, 0.4) is 0 Å². The third-order valence-corrected chi connectivity index (χ3v) is 4.43. The smallest absolute Gasteiger partial charge is 0.416 e. The molecule has 1 amide bonds. The molecule has 0 aliphatic carbocycles. The summed E-state index contributed by atoms with van der Waals surface area (Å²) in [6.45, 7) is 1.19. The van der Waals surface area contributed by atoms with E-state index in [1.54, 1.807) is 0 Å². The Bertz CT molecular complexity index is 1150. The van der Waals surface area contributed by atoms with Crippen LogP contribution in [-0.4, -0.2) is 16.9 Å². The summed E-state index contributed by atoms with van der Waals surface area (Å²) in [6.07, 6.45) is -3.25. The third kappa shape index (κ3) is 5.20. The van der Waals surface area contributed by atoms with Crippen molar-refractivity contribution in [2.75, 3.05) is 5.73 Å². The number of hydrogen-bond donors (Lipinski definition) is 2. The molecule has 0 fully saturated rings. The topological polar surface area (TPSA) is 94.3 Å². The summed E-state index contributed by atoms with van der Waals surface area (Å²) < 4.78 is 58.0. The summed E-state index contributed by atoms with van der Waals surface area (Å²) in [5.41, 5.74) is 5.01. The average Bonchev–Trinajstić information content (AvgIpc) is 2.73. The minimum Gasteiger partial charge on any atom is -0.425 e. The molecule has 1 atom stereocenters. The Hall–Kier alpha value is -3.95. The lowest BCUT2D eigenvalue weighted by atomic mass is 10.00. The van der Waals surface area contributed by atoms with E-state index in [0.29, 0.717) is 0 Å². The second kappa shape index (κ2) is 9.04. The number of anilines is 1. The summed E-state index contributed by atoms with van der Waals surface area (Å²) in [6, 6.07) is 9.15. The number of aromatic nitrogens is 1. The van der Waals surface area contributed by atoms with E-state index in [4.69, 9.17) is 10.5 Å². The number of nitrogen functional groups attached to an aromatic ring is 1. The molecule has 6 nitrogen and oxygen atoms in total. The number of alkyl halides is 3. The molecule has 32 heavy (non-hydrogen) atoms. The van der Waals surface area contributed by atoms with Crippen LogP contribution >= 0.6 is 0 Å². The highest BCUT2D eigenvalue weighted by Crippen LogP contribution is 2.31. The molecule has 3 rings (SSSR count). The van der Waals surface area contributed by atoms with Gasteiger partial charge in [0.25, 0.3) is 5.91 Å². The number of nitrogens with two attached hydrogens (primary N) is 1. The molecule has 0 aliphatic rings. The lowest BCUT2D eigenvalue weighted by molar-refractivity contribution is -0.137. The van der Waals surface area contributed by atoms with E-state index in [-0.39, 0.29) is 28.3 Å². The number of benzene rings is 2. The van der Waals surface area contributed by atoms with Crippen LogP contribution in [-0.2, 0) is 11.0 Å². The van der Waals surface area contributed by atoms with E-state index in [1.165, 1.54) is 37.4 Å². The van der Waals surface area contributed by atoms with Crippen molar-refractivity contribution < 1.29 is 31.9 Å². The maximum Gasteiger partial charge on any atom is 0.416 e. The highest BCUT2D eigenvalue weighted by Gasteiger charge is 2.31. The first-order valence-corrected chi connectivity index (χ1v) is 9.22. The van der Waals surface area contributed by atoms with E-state index in [9.17, 15) is 27.2 Å². The number of amides is 1. The Balaban J connectivity index is 1.95. The molecule has 0 bridgehead atoms. The minimum atomic E-state index is -4.55. The summed E-state index contributed by atoms with van der Waals surface area (Å²) in [5, 5.41) is 2.57. The van der Waals surface area contributed by atoms with Gasteiger partial charge in [-0.1, -0.05) is 12.1 Å². The highest BCUT2D eigenvalue weighted by molar-refractivity contribution is 5.96. The lowest BCUT2D eigenvalue weighted by Gasteiger charge is -2.20. The van der Waals surface area contributed by atoms with Crippen LogP contribution in [0.1, 0.15) is 40.1 Å². The molecule has 3 aromatic rings. The van der Waals surface area contributed by atoms with Crippen molar-refractivity contribution in [3.8, 4) is 5.75 Å². The summed E-state index contributed by atoms with van der Waals surface area (Å²) >= 11 is 0. The van der Waals surface area contributed by atoms with Crippen molar-refractivity contribution in [3.05, 3.63) is 89.0 Å². The maximum atomic E-state index is 14.4. The Morgan fingerprint density at radius 1 is 1.09 bits per heavy atom. The first-order chi connectivity index (χ1) is 15.1. The summed E-state index contributed by atoms with van der Waals surface area (Å²) in [5.74, 6) is -1.98. The zero-order valence-corrected chi connectivity index (χ0v) is 16.6.